The number of benzene rings is 1. The normalized spacial score (nSPS) is 18.1. The fraction of sp³-hybridized carbons (Fsp3) is 0.467. The van der Waals surface area contributed by atoms with E-state index in [9.17, 15) is 14.0 Å². The van der Waals surface area contributed by atoms with Gasteiger partial charge >= 0.3 is 0 Å². The maximum absolute atomic E-state index is 12.9. The van der Waals surface area contributed by atoms with Crippen LogP contribution in [0.1, 0.15) is 6.42 Å². The minimum atomic E-state index is -0.586. The minimum Gasteiger partial charge on any atom is -0.374 e. The molecule has 1 fully saturated rings. The summed E-state index contributed by atoms with van der Waals surface area (Å²) in [6, 6.07) is 5.51. The van der Waals surface area contributed by atoms with Gasteiger partial charge in [0.05, 0.1) is 0 Å². The number of carbonyl (C=O) groups excluding carboxylic acids is 2. The van der Waals surface area contributed by atoms with Crippen molar-refractivity contribution in [3.63, 3.8) is 0 Å². The molecule has 1 aliphatic heterocycles. The third-order valence-electron chi connectivity index (χ3n) is 3.82. The fourth-order valence-electron chi connectivity index (χ4n) is 2.49. The predicted octanol–water partition coefficient (Wildman–Crippen LogP) is -0.0623. The van der Waals surface area contributed by atoms with E-state index < -0.39 is 11.9 Å². The summed E-state index contributed by atoms with van der Waals surface area (Å²) in [4.78, 5) is 27.1. The Morgan fingerprint density at radius 1 is 1.41 bits per heavy atom. The maximum atomic E-state index is 12.9. The number of carbonyl (C=O) groups is 2. The first-order valence-corrected chi connectivity index (χ1v) is 7.25. The number of nitrogens with zero attached hydrogens (tertiary/aromatic N) is 2. The number of nitrogens with two attached hydrogens (primary N) is 1. The van der Waals surface area contributed by atoms with Crippen LogP contribution in [0.3, 0.4) is 0 Å². The Bertz CT molecular complexity index is 535. The molecule has 6 nitrogen and oxygen atoms in total. The van der Waals surface area contributed by atoms with Crippen LogP contribution < -0.4 is 16.0 Å². The monoisotopic (exact) mass is 308 g/mol. The van der Waals surface area contributed by atoms with Crippen LogP contribution in [0.2, 0.25) is 0 Å². The highest BCUT2D eigenvalue weighted by molar-refractivity contribution is 5.87. The first-order chi connectivity index (χ1) is 10.5. The summed E-state index contributed by atoms with van der Waals surface area (Å²) in [7, 11) is 1.84. The molecule has 22 heavy (non-hydrogen) atoms. The SMILES string of the molecule is CN(CCC(=O)N1CCNC[C@@H]1C(N)=O)c1ccc(F)cc1. The molecule has 2 rings (SSSR count). The number of hydrogen-bond acceptors (Lipinski definition) is 4. The van der Waals surface area contributed by atoms with Crippen molar-refractivity contribution < 1.29 is 14.0 Å². The van der Waals surface area contributed by atoms with Gasteiger partial charge in [-0.25, -0.2) is 4.39 Å². The molecule has 0 radical (unpaired) electrons. The number of amides is 2. The zero-order valence-electron chi connectivity index (χ0n) is 12.6. The lowest BCUT2D eigenvalue weighted by molar-refractivity contribution is -0.140. The third kappa shape index (κ3) is 3.94. The van der Waals surface area contributed by atoms with Gasteiger partial charge in [0, 0.05) is 45.3 Å². The van der Waals surface area contributed by atoms with Crippen molar-refractivity contribution in [2.75, 3.05) is 38.1 Å². The van der Waals surface area contributed by atoms with Crippen LogP contribution >= 0.6 is 0 Å². The Kier molecular flexibility index (Phi) is 5.32. The summed E-state index contributed by atoms with van der Waals surface area (Å²) in [5, 5.41) is 3.06. The summed E-state index contributed by atoms with van der Waals surface area (Å²) in [5.41, 5.74) is 6.17. The van der Waals surface area contributed by atoms with Crippen molar-refractivity contribution in [3.05, 3.63) is 30.1 Å². The first kappa shape index (κ1) is 16.2. The highest BCUT2D eigenvalue weighted by Gasteiger charge is 2.30. The van der Waals surface area contributed by atoms with E-state index in [4.69, 9.17) is 5.73 Å². The van der Waals surface area contributed by atoms with Crippen molar-refractivity contribution in [2.45, 2.75) is 12.5 Å². The number of rotatable bonds is 5. The highest BCUT2D eigenvalue weighted by Crippen LogP contribution is 2.14. The summed E-state index contributed by atoms with van der Waals surface area (Å²) >= 11 is 0. The second-order valence-electron chi connectivity index (χ2n) is 5.36. The molecular formula is C15H21FN4O2. The Morgan fingerprint density at radius 2 is 2.09 bits per heavy atom. The number of primary amides is 1. The Labute approximate surface area is 129 Å². The number of nitrogens with one attached hydrogen (secondary N) is 1. The average Bonchev–Trinajstić information content (AvgIpc) is 2.53. The van der Waals surface area contributed by atoms with Gasteiger partial charge in [-0.05, 0) is 24.3 Å². The number of anilines is 1. The van der Waals surface area contributed by atoms with Gasteiger partial charge in [-0.2, -0.15) is 0 Å². The second-order valence-corrected chi connectivity index (χ2v) is 5.36. The first-order valence-electron chi connectivity index (χ1n) is 7.25. The summed E-state index contributed by atoms with van der Waals surface area (Å²) in [6.07, 6.45) is 0.275. The number of halogens is 1. The standard InChI is InChI=1S/C15H21FN4O2/c1-19(12-4-2-11(16)3-5-12)8-6-14(21)20-9-7-18-10-13(20)15(17)22/h2-5,13,18H,6-10H2,1H3,(H2,17,22)/t13-/m1/s1. The molecule has 7 heteroatoms. The molecule has 0 saturated carbocycles. The molecule has 1 aliphatic rings. The number of piperazine rings is 1. The quantitative estimate of drug-likeness (QED) is 0.799. The molecular weight excluding hydrogens is 287 g/mol. The van der Waals surface area contributed by atoms with E-state index in [2.05, 4.69) is 5.32 Å². The second kappa shape index (κ2) is 7.22. The summed E-state index contributed by atoms with van der Waals surface area (Å²) in [5.74, 6) is -0.884. The van der Waals surface area contributed by atoms with E-state index in [0.29, 0.717) is 26.2 Å². The van der Waals surface area contributed by atoms with Crippen LogP contribution in [0.5, 0.6) is 0 Å². The van der Waals surface area contributed by atoms with Crippen LogP contribution in [0, 0.1) is 5.82 Å². The highest BCUT2D eigenvalue weighted by atomic mass is 19.1. The molecule has 1 saturated heterocycles. The Hall–Kier alpha value is -2.15. The van der Waals surface area contributed by atoms with Gasteiger partial charge < -0.3 is 20.9 Å². The lowest BCUT2D eigenvalue weighted by Crippen LogP contribution is -2.58. The predicted molar refractivity (Wildman–Crippen MR) is 81.9 cm³/mol. The van der Waals surface area contributed by atoms with Crippen molar-refractivity contribution in [1.82, 2.24) is 10.2 Å². The lowest BCUT2D eigenvalue weighted by Gasteiger charge is -2.34. The van der Waals surface area contributed by atoms with Crippen molar-refractivity contribution in [1.29, 1.82) is 0 Å². The molecule has 1 aromatic rings. The van der Waals surface area contributed by atoms with Gasteiger partial charge in [-0.15, -0.1) is 0 Å². The van der Waals surface area contributed by atoms with E-state index in [0.717, 1.165) is 5.69 Å². The molecule has 0 unspecified atom stereocenters. The zero-order chi connectivity index (χ0) is 16.1. The molecule has 3 N–H and O–H groups in total. The molecule has 0 spiro atoms. The molecule has 2 amide bonds. The largest absolute Gasteiger partial charge is 0.374 e. The smallest absolute Gasteiger partial charge is 0.241 e. The van der Waals surface area contributed by atoms with E-state index in [1.165, 1.54) is 17.0 Å². The topological polar surface area (TPSA) is 78.7 Å². The average molecular weight is 308 g/mol. The molecule has 1 atom stereocenters. The van der Waals surface area contributed by atoms with Crippen molar-refractivity contribution >= 4 is 17.5 Å². The van der Waals surface area contributed by atoms with Gasteiger partial charge in [0.15, 0.2) is 0 Å². The van der Waals surface area contributed by atoms with Crippen molar-refractivity contribution in [3.8, 4) is 0 Å². The Balaban J connectivity index is 1.91. The maximum Gasteiger partial charge on any atom is 0.241 e. The molecule has 0 aliphatic carbocycles. The van der Waals surface area contributed by atoms with Gasteiger partial charge in [-0.1, -0.05) is 0 Å². The summed E-state index contributed by atoms with van der Waals surface area (Å²) in [6.45, 7) is 2.02. The van der Waals surface area contributed by atoms with E-state index in [1.54, 1.807) is 12.1 Å². The van der Waals surface area contributed by atoms with Crippen LogP contribution in [0.25, 0.3) is 0 Å². The van der Waals surface area contributed by atoms with Crippen LogP contribution in [0.4, 0.5) is 10.1 Å². The Morgan fingerprint density at radius 3 is 2.73 bits per heavy atom. The van der Waals surface area contributed by atoms with Crippen LogP contribution in [-0.4, -0.2) is 56.0 Å². The molecule has 0 aromatic heterocycles. The number of hydrogen-bond donors (Lipinski definition) is 2. The van der Waals surface area contributed by atoms with Crippen LogP contribution in [0.15, 0.2) is 24.3 Å². The summed E-state index contributed by atoms with van der Waals surface area (Å²) < 4.78 is 12.9. The zero-order valence-corrected chi connectivity index (χ0v) is 12.6. The lowest BCUT2D eigenvalue weighted by atomic mass is 10.1. The molecule has 0 bridgehead atoms. The third-order valence-corrected chi connectivity index (χ3v) is 3.82. The van der Waals surface area contributed by atoms with Gasteiger partial charge in [-0.3, -0.25) is 9.59 Å². The van der Waals surface area contributed by atoms with Gasteiger partial charge in [0.25, 0.3) is 0 Å². The van der Waals surface area contributed by atoms with Gasteiger partial charge in [0.2, 0.25) is 11.8 Å². The van der Waals surface area contributed by atoms with E-state index in [-0.39, 0.29) is 18.1 Å². The van der Waals surface area contributed by atoms with Crippen molar-refractivity contribution in [2.24, 2.45) is 5.73 Å². The minimum absolute atomic E-state index is 0.0979. The van der Waals surface area contributed by atoms with E-state index in [1.807, 2.05) is 11.9 Å². The van der Waals surface area contributed by atoms with Crippen LogP contribution in [-0.2, 0) is 9.59 Å². The molecule has 1 aromatic carbocycles. The van der Waals surface area contributed by atoms with E-state index >= 15 is 0 Å². The molecule has 120 valence electrons. The fourth-order valence-corrected chi connectivity index (χ4v) is 2.49. The molecule has 1 heterocycles. The van der Waals surface area contributed by atoms with Gasteiger partial charge in [0.1, 0.15) is 11.9 Å².